The molecule has 0 aliphatic rings. The van der Waals surface area contributed by atoms with Gasteiger partial charge >= 0.3 is 20.1 Å². The zero-order chi connectivity index (χ0) is 31.5. The van der Waals surface area contributed by atoms with Crippen LogP contribution in [-0.2, 0) is 20.1 Å². The molecule has 0 bridgehead atoms. The summed E-state index contributed by atoms with van der Waals surface area (Å²) in [6, 6.07) is 53.8. The number of nitrogens with zero attached hydrogens (tertiary/aromatic N) is 3. The van der Waals surface area contributed by atoms with Gasteiger partial charge in [-0.2, -0.15) is 0 Å². The standard InChI is InChI=1S/C15H10N.2C12H10N.Ir/c1-2-7-13(8-3-1)15-14-9-5-4-6-12(14)10-11-16-15;2*1-10-6-5-9-12(13-10)11-7-3-2-4-8-11;/h1-7,9-11H;2*2-7,9H,1H3;/q3*-1;+3/i;1D3;;. The van der Waals surface area contributed by atoms with E-state index in [9.17, 15) is 0 Å². The fourth-order valence-corrected chi connectivity index (χ4v) is 4.26. The van der Waals surface area contributed by atoms with Gasteiger partial charge in [0.15, 0.2) is 0 Å². The molecule has 210 valence electrons. The molecule has 3 heterocycles. The van der Waals surface area contributed by atoms with Crippen LogP contribution in [0.2, 0.25) is 0 Å². The molecule has 0 radical (unpaired) electrons. The fourth-order valence-electron chi connectivity index (χ4n) is 4.26. The summed E-state index contributed by atoms with van der Waals surface area (Å²) < 4.78 is 21.9. The molecule has 7 aromatic rings. The van der Waals surface area contributed by atoms with E-state index in [2.05, 4.69) is 45.3 Å². The number of fused-ring (bicyclic) bond motifs is 1. The molecule has 0 saturated carbocycles. The maximum atomic E-state index is 7.29. The largest absolute Gasteiger partial charge is 3.00 e. The van der Waals surface area contributed by atoms with Gasteiger partial charge in [-0.3, -0.25) is 0 Å². The van der Waals surface area contributed by atoms with Crippen LogP contribution >= 0.6 is 0 Å². The molecule has 0 N–H and O–H groups in total. The van der Waals surface area contributed by atoms with E-state index in [1.165, 1.54) is 16.8 Å². The third-order valence-corrected chi connectivity index (χ3v) is 6.25. The van der Waals surface area contributed by atoms with Crippen LogP contribution in [0, 0.1) is 32.0 Å². The summed E-state index contributed by atoms with van der Waals surface area (Å²) in [6.07, 6.45) is 1.85. The van der Waals surface area contributed by atoms with E-state index in [1.807, 2.05) is 116 Å². The van der Waals surface area contributed by atoms with Crippen LogP contribution < -0.4 is 0 Å². The van der Waals surface area contributed by atoms with E-state index in [4.69, 9.17) is 4.11 Å². The van der Waals surface area contributed by atoms with Crippen molar-refractivity contribution in [3.8, 4) is 33.8 Å². The molecule has 0 spiro atoms. The Hall–Kier alpha value is -4.76. The number of hydrogen-bond donors (Lipinski definition) is 0. The van der Waals surface area contributed by atoms with Crippen LogP contribution in [0.15, 0.2) is 146 Å². The molecule has 0 atom stereocenters. The maximum absolute atomic E-state index is 7.29. The van der Waals surface area contributed by atoms with Gasteiger partial charge in [-0.05, 0) is 59.8 Å². The van der Waals surface area contributed by atoms with E-state index in [0.717, 1.165) is 33.8 Å². The predicted octanol–water partition coefficient (Wildman–Crippen LogP) is 9.41. The van der Waals surface area contributed by atoms with Gasteiger partial charge in [-0.1, -0.05) is 48.5 Å². The molecule has 0 amide bonds. The molecular weight excluding hydrogens is 703 g/mol. The summed E-state index contributed by atoms with van der Waals surface area (Å²) in [6.45, 7) is -0.169. The molecule has 0 aliphatic carbocycles. The number of hydrogen-bond acceptors (Lipinski definition) is 3. The average molecular weight is 736 g/mol. The molecule has 43 heavy (non-hydrogen) atoms. The van der Waals surface area contributed by atoms with Crippen molar-refractivity contribution in [2.45, 2.75) is 13.8 Å². The first-order chi connectivity index (χ1) is 21.9. The van der Waals surface area contributed by atoms with Gasteiger partial charge in [0, 0.05) is 21.7 Å². The fraction of sp³-hybridized carbons (Fsp3) is 0.0513. The predicted molar refractivity (Wildman–Crippen MR) is 173 cm³/mol. The average Bonchev–Trinajstić information content (AvgIpc) is 3.09. The second-order valence-electron chi connectivity index (χ2n) is 9.28. The molecule has 0 unspecified atom stereocenters. The normalized spacial score (nSPS) is 11.2. The summed E-state index contributed by atoms with van der Waals surface area (Å²) in [7, 11) is 0. The second-order valence-corrected chi connectivity index (χ2v) is 9.28. The van der Waals surface area contributed by atoms with Crippen LogP contribution in [0.25, 0.3) is 44.5 Å². The number of pyridine rings is 3. The zero-order valence-corrected chi connectivity index (χ0v) is 25.9. The molecule has 7 rings (SSSR count). The molecule has 4 aromatic carbocycles. The molecule has 0 saturated heterocycles. The van der Waals surface area contributed by atoms with Crippen molar-refractivity contribution < 1.29 is 24.2 Å². The van der Waals surface area contributed by atoms with Gasteiger partial charge in [-0.15, -0.1) is 108 Å². The maximum Gasteiger partial charge on any atom is 3.00 e. The molecular formula is C39H30IrN3. The van der Waals surface area contributed by atoms with Crippen LogP contribution in [0.5, 0.6) is 0 Å². The topological polar surface area (TPSA) is 38.7 Å². The zero-order valence-electron chi connectivity index (χ0n) is 26.5. The van der Waals surface area contributed by atoms with E-state index in [1.54, 1.807) is 18.2 Å². The minimum Gasteiger partial charge on any atom is -0.304 e. The first-order valence-corrected chi connectivity index (χ1v) is 13.5. The van der Waals surface area contributed by atoms with Crippen molar-refractivity contribution >= 4 is 10.8 Å². The number of rotatable bonds is 3. The van der Waals surface area contributed by atoms with Gasteiger partial charge in [0.25, 0.3) is 0 Å². The minimum atomic E-state index is -2.16. The summed E-state index contributed by atoms with van der Waals surface area (Å²) >= 11 is 0. The van der Waals surface area contributed by atoms with Gasteiger partial charge in [0.1, 0.15) is 0 Å². The van der Waals surface area contributed by atoms with Crippen molar-refractivity contribution in [2.24, 2.45) is 0 Å². The van der Waals surface area contributed by atoms with Crippen LogP contribution in [0.3, 0.4) is 0 Å². The van der Waals surface area contributed by atoms with Crippen LogP contribution in [0.4, 0.5) is 0 Å². The van der Waals surface area contributed by atoms with Gasteiger partial charge in [-0.25, -0.2) is 0 Å². The summed E-state index contributed by atoms with van der Waals surface area (Å²) in [5.74, 6) is 0. The molecule has 4 heteroatoms. The first kappa shape index (κ1) is 27.1. The summed E-state index contributed by atoms with van der Waals surface area (Å²) in [4.78, 5) is 13.0. The van der Waals surface area contributed by atoms with Crippen LogP contribution in [-0.4, -0.2) is 15.0 Å². The minimum absolute atomic E-state index is 0. The van der Waals surface area contributed by atoms with Crippen molar-refractivity contribution in [3.63, 3.8) is 0 Å². The third kappa shape index (κ3) is 8.86. The summed E-state index contributed by atoms with van der Waals surface area (Å²) in [5.41, 5.74) is 6.66. The Bertz CT molecular complexity index is 1940. The Labute approximate surface area is 271 Å². The number of aryl methyl sites for hydroxylation is 2. The molecule has 0 aliphatic heterocycles. The Kier molecular flexibility index (Phi) is 10.1. The molecule has 3 nitrogen and oxygen atoms in total. The van der Waals surface area contributed by atoms with Crippen LogP contribution in [0.1, 0.15) is 15.5 Å². The van der Waals surface area contributed by atoms with Gasteiger partial charge in [0.05, 0.1) is 0 Å². The van der Waals surface area contributed by atoms with E-state index in [-0.39, 0.29) is 25.8 Å². The second kappa shape index (κ2) is 16.0. The Morgan fingerprint density at radius 3 is 1.63 bits per heavy atom. The van der Waals surface area contributed by atoms with Gasteiger partial charge < -0.3 is 15.0 Å². The van der Waals surface area contributed by atoms with Crippen molar-refractivity contribution in [1.82, 2.24) is 15.0 Å². The van der Waals surface area contributed by atoms with E-state index >= 15 is 0 Å². The Morgan fingerprint density at radius 2 is 1.07 bits per heavy atom. The monoisotopic (exact) mass is 736 g/mol. The third-order valence-electron chi connectivity index (χ3n) is 6.25. The van der Waals surface area contributed by atoms with Crippen molar-refractivity contribution in [2.75, 3.05) is 0 Å². The Morgan fingerprint density at radius 1 is 0.535 bits per heavy atom. The van der Waals surface area contributed by atoms with Gasteiger partial charge in [0.2, 0.25) is 0 Å². The van der Waals surface area contributed by atoms with Crippen molar-refractivity contribution in [1.29, 1.82) is 0 Å². The summed E-state index contributed by atoms with van der Waals surface area (Å²) in [5, 5.41) is 2.39. The van der Waals surface area contributed by atoms with E-state index < -0.39 is 6.85 Å². The molecule has 3 aromatic heterocycles. The Balaban J connectivity index is 0.000000156. The van der Waals surface area contributed by atoms with Crippen molar-refractivity contribution in [3.05, 3.63) is 175 Å². The quantitative estimate of drug-likeness (QED) is 0.170. The molecule has 0 fully saturated rings. The smallest absolute Gasteiger partial charge is 0.304 e. The SMILES string of the molecule is Cc1cccc(-c2[c-]cccc2)n1.[2H]C([2H])([2H])c1cccc(-c2[c-]cccc2)n1.[Ir+3].[c-]1ccccc1-c1nccc2ccccc12. The number of aromatic nitrogens is 3. The van der Waals surface area contributed by atoms with E-state index in [0.29, 0.717) is 5.69 Å². The number of benzene rings is 4. The first-order valence-electron chi connectivity index (χ1n) is 15.0.